The molecule has 0 aliphatic heterocycles. The van der Waals surface area contributed by atoms with Crippen molar-refractivity contribution in [3.8, 4) is 6.07 Å². The van der Waals surface area contributed by atoms with E-state index in [1.54, 1.807) is 18.2 Å². The number of nitrogens with zero attached hydrogens (tertiary/aromatic N) is 1. The molecule has 182 valence electrons. The Balaban J connectivity index is 1.08. The lowest BCUT2D eigenvalue weighted by molar-refractivity contribution is -0.146. The Bertz CT molecular complexity index is 1120. The lowest BCUT2D eigenvalue weighted by atomic mass is 9.49. The average Bonchev–Trinajstić information content (AvgIpc) is 2.84. The fourth-order valence-corrected chi connectivity index (χ4v) is 6.79. The molecule has 4 saturated carbocycles. The highest BCUT2D eigenvalue weighted by Gasteiger charge is 2.54. The van der Waals surface area contributed by atoms with Crippen LogP contribution in [0.25, 0.3) is 0 Å². The monoisotopic (exact) mass is 474 g/mol. The van der Waals surface area contributed by atoms with Gasteiger partial charge in [-0.25, -0.2) is 4.39 Å². The second-order valence-electron chi connectivity index (χ2n) is 10.5. The van der Waals surface area contributed by atoms with Crippen LogP contribution in [0.2, 0.25) is 0 Å². The predicted octanol–water partition coefficient (Wildman–Crippen LogP) is 4.37. The normalized spacial score (nSPS) is 26.1. The van der Waals surface area contributed by atoms with Crippen molar-refractivity contribution in [3.63, 3.8) is 0 Å². The first-order valence-electron chi connectivity index (χ1n) is 12.5. The third-order valence-corrected chi connectivity index (χ3v) is 8.04. The molecule has 0 spiro atoms. The van der Waals surface area contributed by atoms with E-state index in [1.807, 2.05) is 18.2 Å². The van der Waals surface area contributed by atoms with E-state index in [1.165, 1.54) is 31.4 Å². The SMILES string of the molecule is N#Cc1c(F)cccc1NCCNC(=O)c1ccc(CNC(=O)C23CC4CC(CC(C4)C2)C3)cc1. The Morgan fingerprint density at radius 2 is 1.60 bits per heavy atom. The van der Waals surface area contributed by atoms with E-state index in [-0.39, 0.29) is 22.8 Å². The molecule has 3 N–H and O–H groups in total. The molecule has 4 bridgehead atoms. The van der Waals surface area contributed by atoms with Crippen molar-refractivity contribution >= 4 is 17.5 Å². The van der Waals surface area contributed by atoms with Crippen LogP contribution in [0.15, 0.2) is 42.5 Å². The van der Waals surface area contributed by atoms with Gasteiger partial charge in [-0.15, -0.1) is 0 Å². The Morgan fingerprint density at radius 1 is 0.943 bits per heavy atom. The highest BCUT2D eigenvalue weighted by molar-refractivity contribution is 5.94. The molecule has 0 unspecified atom stereocenters. The maximum atomic E-state index is 13.7. The van der Waals surface area contributed by atoms with Gasteiger partial charge in [0.05, 0.1) is 5.69 Å². The van der Waals surface area contributed by atoms with Crippen molar-refractivity contribution in [2.24, 2.45) is 23.2 Å². The Kier molecular flexibility index (Phi) is 6.46. The van der Waals surface area contributed by atoms with E-state index >= 15 is 0 Å². The molecule has 2 aromatic rings. The summed E-state index contributed by atoms with van der Waals surface area (Å²) in [5.74, 6) is 1.64. The minimum absolute atomic E-state index is 0.0373. The van der Waals surface area contributed by atoms with Crippen LogP contribution < -0.4 is 16.0 Å². The van der Waals surface area contributed by atoms with Crippen molar-refractivity contribution in [1.29, 1.82) is 5.26 Å². The van der Waals surface area contributed by atoms with Gasteiger partial charge in [-0.05, 0) is 86.1 Å². The summed E-state index contributed by atoms with van der Waals surface area (Å²) in [7, 11) is 0. The van der Waals surface area contributed by atoms with Crippen LogP contribution >= 0.6 is 0 Å². The predicted molar refractivity (Wildman–Crippen MR) is 131 cm³/mol. The minimum Gasteiger partial charge on any atom is -0.382 e. The Hall–Kier alpha value is -3.40. The van der Waals surface area contributed by atoms with Crippen molar-refractivity contribution in [3.05, 3.63) is 65.0 Å². The van der Waals surface area contributed by atoms with Gasteiger partial charge in [0.25, 0.3) is 5.91 Å². The zero-order chi connectivity index (χ0) is 24.4. The van der Waals surface area contributed by atoms with Crippen molar-refractivity contribution < 1.29 is 14.0 Å². The van der Waals surface area contributed by atoms with Crippen LogP contribution in [-0.2, 0) is 11.3 Å². The molecule has 7 heteroatoms. The van der Waals surface area contributed by atoms with Gasteiger partial charge in [-0.1, -0.05) is 18.2 Å². The second kappa shape index (κ2) is 9.69. The number of nitrogens with one attached hydrogen (secondary N) is 3. The molecule has 4 aliphatic carbocycles. The number of hydrogen-bond acceptors (Lipinski definition) is 4. The highest BCUT2D eigenvalue weighted by atomic mass is 19.1. The summed E-state index contributed by atoms with van der Waals surface area (Å²) in [6.45, 7) is 1.16. The second-order valence-corrected chi connectivity index (χ2v) is 10.5. The molecule has 2 amide bonds. The lowest BCUT2D eigenvalue weighted by Crippen LogP contribution is -2.53. The number of carbonyl (C=O) groups excluding carboxylic acids is 2. The van der Waals surface area contributed by atoms with E-state index in [9.17, 15) is 14.0 Å². The number of rotatable bonds is 8. The Labute approximate surface area is 205 Å². The number of amides is 2. The van der Waals surface area contributed by atoms with Crippen LogP contribution in [0.4, 0.5) is 10.1 Å². The minimum atomic E-state index is -0.573. The summed E-state index contributed by atoms with van der Waals surface area (Å²) in [6, 6.07) is 13.5. The Morgan fingerprint density at radius 3 is 2.23 bits per heavy atom. The zero-order valence-electron chi connectivity index (χ0n) is 19.8. The molecule has 6 rings (SSSR count). The number of anilines is 1. The molecule has 2 aromatic carbocycles. The molecule has 6 nitrogen and oxygen atoms in total. The average molecular weight is 475 g/mol. The maximum absolute atomic E-state index is 13.7. The van der Waals surface area contributed by atoms with Gasteiger partial charge in [-0.2, -0.15) is 5.26 Å². The largest absolute Gasteiger partial charge is 0.382 e. The third kappa shape index (κ3) is 4.88. The first kappa shape index (κ1) is 23.3. The summed E-state index contributed by atoms with van der Waals surface area (Å²) in [6.07, 6.45) is 7.11. The molecule has 0 radical (unpaired) electrons. The molecule has 35 heavy (non-hydrogen) atoms. The first-order chi connectivity index (χ1) is 17.0. The smallest absolute Gasteiger partial charge is 0.251 e. The molecule has 0 aromatic heterocycles. The quantitative estimate of drug-likeness (QED) is 0.495. The van der Waals surface area contributed by atoms with Crippen molar-refractivity contribution in [1.82, 2.24) is 10.6 Å². The zero-order valence-corrected chi connectivity index (χ0v) is 19.8. The molecular formula is C28H31FN4O2. The van der Waals surface area contributed by atoms with Gasteiger partial charge >= 0.3 is 0 Å². The van der Waals surface area contributed by atoms with Gasteiger partial charge in [-0.3, -0.25) is 9.59 Å². The summed E-state index contributed by atoms with van der Waals surface area (Å²) < 4.78 is 13.7. The number of halogens is 1. The van der Waals surface area contributed by atoms with Gasteiger partial charge in [0.1, 0.15) is 17.4 Å². The summed E-state index contributed by atoms with van der Waals surface area (Å²) in [4.78, 5) is 25.6. The number of nitriles is 1. The molecule has 0 saturated heterocycles. The summed E-state index contributed by atoms with van der Waals surface area (Å²) in [5.41, 5.74) is 1.72. The van der Waals surface area contributed by atoms with E-state index in [0.29, 0.717) is 30.9 Å². The molecule has 0 atom stereocenters. The molecule has 0 heterocycles. The van der Waals surface area contributed by atoms with Crippen molar-refractivity contribution in [2.75, 3.05) is 18.4 Å². The van der Waals surface area contributed by atoms with E-state index in [0.717, 1.165) is 42.6 Å². The van der Waals surface area contributed by atoms with Crippen LogP contribution in [0.1, 0.15) is 60.0 Å². The topological polar surface area (TPSA) is 94.0 Å². The number of carbonyl (C=O) groups is 2. The molecule has 4 aliphatic rings. The maximum Gasteiger partial charge on any atom is 0.251 e. The van der Waals surface area contributed by atoms with Crippen LogP contribution in [0, 0.1) is 40.3 Å². The fraction of sp³-hybridized carbons (Fsp3) is 0.464. The standard InChI is InChI=1S/C28H31FN4O2/c29-24-2-1-3-25(23(24)16-30)31-8-9-32-26(34)22-6-4-18(5-7-22)17-33-27(35)28-13-19-10-20(14-28)12-21(11-19)15-28/h1-7,19-21,31H,8-15,17H2,(H,32,34)(H,33,35). The molecular weight excluding hydrogens is 443 g/mol. The highest BCUT2D eigenvalue weighted by Crippen LogP contribution is 2.60. The van der Waals surface area contributed by atoms with Crippen LogP contribution in [0.5, 0.6) is 0 Å². The van der Waals surface area contributed by atoms with E-state index < -0.39 is 5.82 Å². The van der Waals surface area contributed by atoms with Gasteiger partial charge in [0, 0.05) is 30.6 Å². The fourth-order valence-electron chi connectivity index (χ4n) is 6.79. The summed E-state index contributed by atoms with van der Waals surface area (Å²) in [5, 5.41) is 18.1. The van der Waals surface area contributed by atoms with Gasteiger partial charge < -0.3 is 16.0 Å². The van der Waals surface area contributed by atoms with Crippen molar-refractivity contribution in [2.45, 2.75) is 45.1 Å². The van der Waals surface area contributed by atoms with Crippen LogP contribution in [0.3, 0.4) is 0 Å². The summed E-state index contributed by atoms with van der Waals surface area (Å²) >= 11 is 0. The van der Waals surface area contributed by atoms with Crippen LogP contribution in [-0.4, -0.2) is 24.9 Å². The lowest BCUT2D eigenvalue weighted by Gasteiger charge is -2.55. The van der Waals surface area contributed by atoms with Gasteiger partial charge in [0.2, 0.25) is 5.91 Å². The van der Waals surface area contributed by atoms with Gasteiger partial charge in [0.15, 0.2) is 0 Å². The third-order valence-electron chi connectivity index (χ3n) is 8.04. The number of benzene rings is 2. The van der Waals surface area contributed by atoms with E-state index in [2.05, 4.69) is 16.0 Å². The first-order valence-corrected chi connectivity index (χ1v) is 12.5. The number of hydrogen-bond donors (Lipinski definition) is 3. The van der Waals surface area contributed by atoms with E-state index in [4.69, 9.17) is 5.26 Å². The molecule has 4 fully saturated rings.